The number of hydrogen-bond acceptors (Lipinski definition) is 4. The van der Waals surface area contributed by atoms with Crippen LogP contribution < -0.4 is 5.32 Å². The van der Waals surface area contributed by atoms with E-state index < -0.39 is 5.60 Å². The van der Waals surface area contributed by atoms with E-state index in [0.29, 0.717) is 12.0 Å². The zero-order valence-electron chi connectivity index (χ0n) is 11.6. The van der Waals surface area contributed by atoms with Gasteiger partial charge in [-0.15, -0.1) is 11.8 Å². The van der Waals surface area contributed by atoms with E-state index >= 15 is 0 Å². The van der Waals surface area contributed by atoms with E-state index in [0.717, 1.165) is 10.6 Å². The van der Waals surface area contributed by atoms with Gasteiger partial charge in [0.15, 0.2) is 0 Å². The summed E-state index contributed by atoms with van der Waals surface area (Å²) >= 11 is 3.23. The largest absolute Gasteiger partial charge is 0.388 e. The Morgan fingerprint density at radius 2 is 2.05 bits per heavy atom. The highest BCUT2D eigenvalue weighted by Gasteiger charge is 2.21. The van der Waals surface area contributed by atoms with Crippen molar-refractivity contribution in [3.63, 3.8) is 0 Å². The first-order valence-electron chi connectivity index (χ1n) is 6.13. The van der Waals surface area contributed by atoms with Crippen LogP contribution in [0.1, 0.15) is 23.7 Å². The van der Waals surface area contributed by atoms with E-state index in [4.69, 9.17) is 0 Å². The van der Waals surface area contributed by atoms with Gasteiger partial charge in [0, 0.05) is 11.4 Å². The molecule has 0 aromatic heterocycles. The summed E-state index contributed by atoms with van der Waals surface area (Å²) < 4.78 is 0. The number of carbonyl (C=O) groups is 1. The number of benzene rings is 1. The van der Waals surface area contributed by atoms with E-state index in [1.165, 1.54) is 0 Å². The molecule has 0 saturated carbocycles. The highest BCUT2D eigenvalue weighted by molar-refractivity contribution is 7.98. The Kier molecular flexibility index (Phi) is 6.75. The smallest absolute Gasteiger partial charge is 0.252 e. The molecule has 0 spiro atoms. The molecule has 5 heteroatoms. The summed E-state index contributed by atoms with van der Waals surface area (Å²) in [6, 6.07) is 7.49. The van der Waals surface area contributed by atoms with Crippen LogP contribution in [0.2, 0.25) is 0 Å². The number of thioether (sulfide) groups is 2. The molecular formula is C14H21NO2S2. The van der Waals surface area contributed by atoms with Crippen molar-refractivity contribution < 1.29 is 9.90 Å². The molecule has 1 aromatic rings. The molecular weight excluding hydrogens is 278 g/mol. The Balaban J connectivity index is 2.60. The molecule has 0 saturated heterocycles. The van der Waals surface area contributed by atoms with Gasteiger partial charge < -0.3 is 10.4 Å². The summed E-state index contributed by atoms with van der Waals surface area (Å²) in [5.41, 5.74) is -0.192. The van der Waals surface area contributed by atoms with Crippen molar-refractivity contribution in [2.24, 2.45) is 0 Å². The van der Waals surface area contributed by atoms with Gasteiger partial charge in [0.05, 0.1) is 11.2 Å². The molecule has 0 fully saturated rings. The normalized spacial score (nSPS) is 13.9. The Labute approximate surface area is 123 Å². The number of rotatable bonds is 7. The summed E-state index contributed by atoms with van der Waals surface area (Å²) in [7, 11) is 0. The third-order valence-corrected chi connectivity index (χ3v) is 4.23. The van der Waals surface area contributed by atoms with E-state index in [-0.39, 0.29) is 12.5 Å². The van der Waals surface area contributed by atoms with Crippen LogP contribution in [-0.4, -0.2) is 41.4 Å². The van der Waals surface area contributed by atoms with Crippen molar-refractivity contribution in [2.45, 2.75) is 23.8 Å². The maximum absolute atomic E-state index is 12.1. The molecule has 0 radical (unpaired) electrons. The SMILES string of the molecule is CSCCC(C)(O)CNC(=O)c1ccccc1SC. The lowest BCUT2D eigenvalue weighted by molar-refractivity contribution is 0.0527. The molecule has 1 amide bonds. The number of amides is 1. The lowest BCUT2D eigenvalue weighted by atomic mass is 10.0. The second-order valence-corrected chi connectivity index (χ2v) is 6.46. The quantitative estimate of drug-likeness (QED) is 0.760. The molecule has 1 unspecified atom stereocenters. The fourth-order valence-corrected chi connectivity index (χ4v) is 2.85. The van der Waals surface area contributed by atoms with Gasteiger partial charge in [-0.25, -0.2) is 0 Å². The minimum absolute atomic E-state index is 0.130. The van der Waals surface area contributed by atoms with Crippen LogP contribution in [0.5, 0.6) is 0 Å². The van der Waals surface area contributed by atoms with Crippen LogP contribution in [0.3, 0.4) is 0 Å². The van der Waals surface area contributed by atoms with Crippen LogP contribution in [-0.2, 0) is 0 Å². The van der Waals surface area contributed by atoms with Crippen molar-refractivity contribution in [1.82, 2.24) is 5.32 Å². The van der Waals surface area contributed by atoms with Crippen LogP contribution in [0, 0.1) is 0 Å². The Bertz CT molecular complexity index is 422. The number of hydrogen-bond donors (Lipinski definition) is 2. The van der Waals surface area contributed by atoms with Gasteiger partial charge in [0.25, 0.3) is 5.91 Å². The topological polar surface area (TPSA) is 49.3 Å². The molecule has 1 atom stereocenters. The highest BCUT2D eigenvalue weighted by Crippen LogP contribution is 2.20. The molecule has 0 heterocycles. The fourth-order valence-electron chi connectivity index (χ4n) is 1.61. The first-order valence-corrected chi connectivity index (χ1v) is 8.74. The molecule has 0 aliphatic heterocycles. The summed E-state index contributed by atoms with van der Waals surface area (Å²) in [4.78, 5) is 13.1. The minimum atomic E-state index is -0.854. The number of nitrogens with one attached hydrogen (secondary N) is 1. The van der Waals surface area contributed by atoms with E-state index in [2.05, 4.69) is 5.32 Å². The molecule has 0 aliphatic carbocycles. The zero-order chi connectivity index (χ0) is 14.3. The fraction of sp³-hybridized carbons (Fsp3) is 0.500. The predicted molar refractivity (Wildman–Crippen MR) is 84.2 cm³/mol. The molecule has 1 aromatic carbocycles. The van der Waals surface area contributed by atoms with Crippen LogP contribution >= 0.6 is 23.5 Å². The maximum atomic E-state index is 12.1. The van der Waals surface area contributed by atoms with E-state index in [1.807, 2.05) is 30.7 Å². The van der Waals surface area contributed by atoms with Crippen LogP contribution in [0.25, 0.3) is 0 Å². The van der Waals surface area contributed by atoms with Crippen LogP contribution in [0.15, 0.2) is 29.2 Å². The lowest BCUT2D eigenvalue weighted by Gasteiger charge is -2.23. The predicted octanol–water partition coefficient (Wildman–Crippen LogP) is 2.64. The molecule has 0 bridgehead atoms. The third kappa shape index (κ3) is 5.47. The molecule has 0 aliphatic rings. The standard InChI is InChI=1S/C14H21NO2S2/c1-14(17,8-9-18-2)10-15-13(16)11-6-4-5-7-12(11)19-3/h4-7,17H,8-10H2,1-3H3,(H,15,16). The Morgan fingerprint density at radius 1 is 1.37 bits per heavy atom. The molecule has 1 rings (SSSR count). The van der Waals surface area contributed by atoms with Gasteiger partial charge >= 0.3 is 0 Å². The van der Waals surface area contributed by atoms with Crippen molar-refractivity contribution in [1.29, 1.82) is 0 Å². The van der Waals surface area contributed by atoms with Gasteiger partial charge in [-0.2, -0.15) is 11.8 Å². The lowest BCUT2D eigenvalue weighted by Crippen LogP contribution is -2.41. The van der Waals surface area contributed by atoms with Gasteiger partial charge in [0.2, 0.25) is 0 Å². The molecule has 106 valence electrons. The minimum Gasteiger partial charge on any atom is -0.388 e. The monoisotopic (exact) mass is 299 g/mol. The average Bonchev–Trinajstić information content (AvgIpc) is 2.42. The van der Waals surface area contributed by atoms with Crippen LogP contribution in [0.4, 0.5) is 0 Å². The molecule has 2 N–H and O–H groups in total. The summed E-state index contributed by atoms with van der Waals surface area (Å²) in [6.45, 7) is 2.03. The Hall–Kier alpha value is -0.650. The second-order valence-electron chi connectivity index (χ2n) is 4.62. The van der Waals surface area contributed by atoms with Crippen molar-refractivity contribution in [3.05, 3.63) is 29.8 Å². The summed E-state index contributed by atoms with van der Waals surface area (Å²) in [5.74, 6) is 0.749. The van der Waals surface area contributed by atoms with Gasteiger partial charge in [-0.05, 0) is 43.7 Å². The summed E-state index contributed by atoms with van der Waals surface area (Å²) in [5, 5.41) is 12.9. The Morgan fingerprint density at radius 3 is 2.68 bits per heavy atom. The molecule has 19 heavy (non-hydrogen) atoms. The highest BCUT2D eigenvalue weighted by atomic mass is 32.2. The summed E-state index contributed by atoms with van der Waals surface area (Å²) in [6.07, 6.45) is 4.61. The second kappa shape index (κ2) is 7.82. The first kappa shape index (κ1) is 16.4. The number of carbonyl (C=O) groups excluding carboxylic acids is 1. The zero-order valence-corrected chi connectivity index (χ0v) is 13.2. The van der Waals surface area contributed by atoms with E-state index in [9.17, 15) is 9.90 Å². The van der Waals surface area contributed by atoms with Gasteiger partial charge in [0.1, 0.15) is 0 Å². The van der Waals surface area contributed by atoms with Gasteiger partial charge in [-0.3, -0.25) is 4.79 Å². The first-order chi connectivity index (χ1) is 9.00. The van der Waals surface area contributed by atoms with Crippen molar-refractivity contribution >= 4 is 29.4 Å². The number of aliphatic hydroxyl groups is 1. The van der Waals surface area contributed by atoms with Gasteiger partial charge in [-0.1, -0.05) is 12.1 Å². The molecule has 3 nitrogen and oxygen atoms in total. The maximum Gasteiger partial charge on any atom is 0.252 e. The average molecular weight is 299 g/mol. The van der Waals surface area contributed by atoms with E-state index in [1.54, 1.807) is 36.5 Å². The third-order valence-electron chi connectivity index (χ3n) is 2.83. The van der Waals surface area contributed by atoms with Crippen molar-refractivity contribution in [3.8, 4) is 0 Å². The van der Waals surface area contributed by atoms with Crippen molar-refractivity contribution in [2.75, 3.05) is 24.8 Å².